The molecule has 2 fully saturated rings. The van der Waals surface area contributed by atoms with Crippen LogP contribution in [0.4, 0.5) is 13.2 Å². The molecule has 2 amide bonds. The molecule has 1 unspecified atom stereocenters. The third-order valence-corrected chi connectivity index (χ3v) is 7.10. The van der Waals surface area contributed by atoms with Crippen LogP contribution in [0.5, 0.6) is 5.75 Å². The Balaban J connectivity index is 0.990. The van der Waals surface area contributed by atoms with Gasteiger partial charge in [0.2, 0.25) is 5.91 Å². The van der Waals surface area contributed by atoms with Crippen LogP contribution in [0.3, 0.4) is 0 Å². The van der Waals surface area contributed by atoms with Crippen LogP contribution in [0, 0.1) is 0 Å². The molecule has 2 aromatic carbocycles. The summed E-state index contributed by atoms with van der Waals surface area (Å²) >= 11 is 0. The summed E-state index contributed by atoms with van der Waals surface area (Å²) in [5.41, 5.74) is 2.90. The number of hydrogen-bond donors (Lipinski definition) is 3. The lowest BCUT2D eigenvalue weighted by atomic mass is 9.89. The van der Waals surface area contributed by atoms with Gasteiger partial charge in [0.1, 0.15) is 0 Å². The summed E-state index contributed by atoms with van der Waals surface area (Å²) in [4.78, 5) is 32.2. The number of rotatable bonds is 7. The molecule has 2 aromatic rings. The maximum Gasteiger partial charge on any atom is 0.416 e. The maximum absolute atomic E-state index is 12.8. The largest absolute Gasteiger partial charge is 0.416 e. The van der Waals surface area contributed by atoms with Gasteiger partial charge < -0.3 is 20.2 Å². The molecule has 1 aliphatic carbocycles. The van der Waals surface area contributed by atoms with E-state index in [1.54, 1.807) is 0 Å². The number of likely N-dealkylation sites (tertiary alicyclic amines) is 1. The minimum atomic E-state index is -4.54. The van der Waals surface area contributed by atoms with Crippen molar-refractivity contribution >= 4 is 11.8 Å². The number of benzene rings is 2. The molecule has 0 spiro atoms. The normalized spacial score (nSPS) is 24.0. The quantitative estimate of drug-likeness (QED) is 0.522. The van der Waals surface area contributed by atoms with Gasteiger partial charge in [-0.1, -0.05) is 24.3 Å². The number of carbonyl (C=O) groups is 2. The molecule has 8 nitrogen and oxygen atoms in total. The van der Waals surface area contributed by atoms with Crippen molar-refractivity contribution in [3.8, 4) is 5.75 Å². The highest BCUT2D eigenvalue weighted by atomic mass is 19.4. The average molecular weight is 519 g/mol. The lowest BCUT2D eigenvalue weighted by Crippen LogP contribution is -2.63. The molecular formula is C26H29F3N4O4. The van der Waals surface area contributed by atoms with Gasteiger partial charge in [-0.25, -0.2) is 0 Å². The Labute approximate surface area is 212 Å². The molecule has 2 aliphatic heterocycles. The smallest absolute Gasteiger partial charge is 0.405 e. The van der Waals surface area contributed by atoms with Gasteiger partial charge in [-0.3, -0.25) is 14.5 Å². The lowest BCUT2D eigenvalue weighted by molar-refractivity contribution is -0.137. The summed E-state index contributed by atoms with van der Waals surface area (Å²) in [5, 5.41) is 5.26. The molecule has 5 rings (SSSR count). The van der Waals surface area contributed by atoms with E-state index in [1.807, 2.05) is 24.3 Å². The molecule has 11 heteroatoms. The van der Waals surface area contributed by atoms with Crippen molar-refractivity contribution in [2.45, 2.75) is 56.3 Å². The van der Waals surface area contributed by atoms with E-state index in [4.69, 9.17) is 9.57 Å². The zero-order valence-corrected chi connectivity index (χ0v) is 20.1. The van der Waals surface area contributed by atoms with Crippen LogP contribution in [-0.2, 0) is 15.7 Å². The Kier molecular flexibility index (Phi) is 7.36. The number of hydrogen-bond acceptors (Lipinski definition) is 6. The summed E-state index contributed by atoms with van der Waals surface area (Å²) in [6.07, 6.45) is -0.734. The van der Waals surface area contributed by atoms with Gasteiger partial charge in [-0.05, 0) is 49.9 Å². The van der Waals surface area contributed by atoms with Crippen molar-refractivity contribution in [1.29, 1.82) is 0 Å². The van der Waals surface area contributed by atoms with Gasteiger partial charge in [0, 0.05) is 30.3 Å². The number of halogens is 3. The van der Waals surface area contributed by atoms with Crippen LogP contribution >= 0.6 is 0 Å². The lowest BCUT2D eigenvalue weighted by Gasteiger charge is -2.46. The number of carbonyl (C=O) groups excluding carboxylic acids is 2. The summed E-state index contributed by atoms with van der Waals surface area (Å²) < 4.78 is 44.7. The molecule has 1 atom stereocenters. The number of para-hydroxylation sites is 1. The predicted octanol–water partition coefficient (Wildman–Crippen LogP) is 3.16. The molecule has 37 heavy (non-hydrogen) atoms. The Morgan fingerprint density at radius 1 is 1.05 bits per heavy atom. The first-order valence-electron chi connectivity index (χ1n) is 12.4. The second kappa shape index (κ2) is 10.7. The summed E-state index contributed by atoms with van der Waals surface area (Å²) in [5.74, 6) is -0.294. The molecule has 198 valence electrons. The van der Waals surface area contributed by atoms with E-state index in [9.17, 15) is 22.8 Å². The maximum atomic E-state index is 12.8. The monoisotopic (exact) mass is 518 g/mol. The van der Waals surface area contributed by atoms with Gasteiger partial charge in [-0.2, -0.15) is 13.2 Å². The van der Waals surface area contributed by atoms with Crippen molar-refractivity contribution in [1.82, 2.24) is 21.0 Å². The van der Waals surface area contributed by atoms with Gasteiger partial charge in [-0.15, -0.1) is 5.48 Å². The second-order valence-electron chi connectivity index (χ2n) is 9.68. The molecule has 0 bridgehead atoms. The third-order valence-electron chi connectivity index (χ3n) is 7.10. The molecule has 0 aromatic heterocycles. The SMILES string of the molecule is O=C(CNC(=O)c1cccc(C(F)(F)F)c1)NC1CN(C2CCC(OC3NOc4ccccc43)CC2)C1. The molecule has 3 aliphatic rings. The first kappa shape index (κ1) is 25.5. The van der Waals surface area contributed by atoms with Crippen molar-refractivity contribution in [3.63, 3.8) is 0 Å². The fourth-order valence-corrected chi connectivity index (χ4v) is 5.09. The van der Waals surface area contributed by atoms with E-state index in [-0.39, 0.29) is 36.4 Å². The highest BCUT2D eigenvalue weighted by Crippen LogP contribution is 2.35. The molecule has 1 saturated carbocycles. The van der Waals surface area contributed by atoms with E-state index in [2.05, 4.69) is 21.0 Å². The summed E-state index contributed by atoms with van der Waals surface area (Å²) in [7, 11) is 0. The van der Waals surface area contributed by atoms with Crippen LogP contribution < -0.4 is 21.0 Å². The Hall–Kier alpha value is -3.15. The molecule has 3 N–H and O–H groups in total. The number of nitrogens with one attached hydrogen (secondary N) is 3. The molecule has 0 radical (unpaired) electrons. The topological polar surface area (TPSA) is 91.9 Å². The fourth-order valence-electron chi connectivity index (χ4n) is 5.09. The number of hydroxylamine groups is 1. The van der Waals surface area contributed by atoms with E-state index < -0.39 is 17.6 Å². The van der Waals surface area contributed by atoms with Gasteiger partial charge in [0.15, 0.2) is 12.0 Å². The van der Waals surface area contributed by atoms with Crippen molar-refractivity contribution in [2.75, 3.05) is 19.6 Å². The van der Waals surface area contributed by atoms with Gasteiger partial charge in [0.25, 0.3) is 5.91 Å². The van der Waals surface area contributed by atoms with Crippen molar-refractivity contribution in [3.05, 3.63) is 65.2 Å². The van der Waals surface area contributed by atoms with E-state index in [0.717, 1.165) is 62.2 Å². The van der Waals surface area contributed by atoms with Crippen molar-refractivity contribution < 1.29 is 32.3 Å². The number of alkyl halides is 3. The Bertz CT molecular complexity index is 1130. The number of amides is 2. The summed E-state index contributed by atoms with van der Waals surface area (Å²) in [6.45, 7) is 1.17. The fraction of sp³-hybridized carbons (Fsp3) is 0.462. The van der Waals surface area contributed by atoms with Gasteiger partial charge in [0.05, 0.1) is 24.3 Å². The zero-order valence-electron chi connectivity index (χ0n) is 20.1. The third kappa shape index (κ3) is 6.06. The van der Waals surface area contributed by atoms with Gasteiger partial charge >= 0.3 is 6.18 Å². The first-order chi connectivity index (χ1) is 17.8. The number of fused-ring (bicyclic) bond motifs is 1. The predicted molar refractivity (Wildman–Crippen MR) is 127 cm³/mol. The number of nitrogens with zero attached hydrogens (tertiary/aromatic N) is 1. The Morgan fingerprint density at radius 3 is 2.57 bits per heavy atom. The zero-order chi connectivity index (χ0) is 26.0. The standard InChI is InChI=1S/C26H29F3N4O4/c27-26(28,29)17-5-3-4-16(12-17)24(35)30-13-23(34)31-18-14-33(15-18)19-8-10-20(11-9-19)36-25-21-6-1-2-7-22(21)37-32-25/h1-7,12,18-20,25,32H,8-11,13-15H2,(H,30,35)(H,31,34). The first-order valence-corrected chi connectivity index (χ1v) is 12.4. The highest BCUT2D eigenvalue weighted by molar-refractivity contribution is 5.96. The molecular weight excluding hydrogens is 489 g/mol. The summed E-state index contributed by atoms with van der Waals surface area (Å²) in [6, 6.07) is 12.3. The van der Waals surface area contributed by atoms with Crippen LogP contribution in [0.1, 0.15) is 53.4 Å². The van der Waals surface area contributed by atoms with Crippen LogP contribution in [0.15, 0.2) is 48.5 Å². The van der Waals surface area contributed by atoms with E-state index in [0.29, 0.717) is 6.04 Å². The molecule has 1 saturated heterocycles. The number of ether oxygens (including phenoxy) is 1. The Morgan fingerprint density at radius 2 is 1.81 bits per heavy atom. The average Bonchev–Trinajstić information content (AvgIpc) is 3.27. The minimum Gasteiger partial charge on any atom is -0.405 e. The van der Waals surface area contributed by atoms with Crippen LogP contribution in [0.2, 0.25) is 0 Å². The second-order valence-corrected chi connectivity index (χ2v) is 9.68. The van der Waals surface area contributed by atoms with Crippen LogP contribution in [-0.4, -0.2) is 54.5 Å². The van der Waals surface area contributed by atoms with Crippen LogP contribution in [0.25, 0.3) is 0 Å². The molecule has 2 heterocycles. The van der Waals surface area contributed by atoms with Crippen molar-refractivity contribution in [2.24, 2.45) is 0 Å². The van der Waals surface area contributed by atoms with E-state index >= 15 is 0 Å². The minimum absolute atomic E-state index is 0.0109. The van der Waals surface area contributed by atoms with E-state index in [1.165, 1.54) is 12.1 Å². The highest BCUT2D eigenvalue weighted by Gasteiger charge is 2.37.